The third kappa shape index (κ3) is 4.81. The van der Waals surface area contributed by atoms with Gasteiger partial charge in [-0.15, -0.1) is 0 Å². The van der Waals surface area contributed by atoms with Crippen LogP contribution in [-0.2, 0) is 18.4 Å². The maximum Gasteiger partial charge on any atom is 0.292 e. The van der Waals surface area contributed by atoms with E-state index in [4.69, 9.17) is 11.6 Å². The third-order valence-electron chi connectivity index (χ3n) is 6.66. The second kappa shape index (κ2) is 9.79. The number of nitrogens with zero attached hydrogens (tertiary/aromatic N) is 3. The molecule has 0 radical (unpaired) electrons. The van der Waals surface area contributed by atoms with E-state index in [1.807, 2.05) is 6.92 Å². The molecule has 1 aliphatic rings. The molecule has 2 amide bonds. The molecule has 2 atom stereocenters. The standard InChI is InChI=1S/C26H28ClFN4O3/c1-15-12-32(16(2)11-31(15)13-17-5-7-18(28)8-6-17)26(35)20-9-19-21(24(33)25(34)29-3)14-30(4)23(19)10-22(20)27/h5-10,14-16H,11-13H2,1-4H3,(H,29,34)/t15-,16+/m0/s1. The van der Waals surface area contributed by atoms with Gasteiger partial charge < -0.3 is 14.8 Å². The van der Waals surface area contributed by atoms with Crippen molar-refractivity contribution >= 4 is 40.1 Å². The van der Waals surface area contributed by atoms with Crippen molar-refractivity contribution in [1.29, 1.82) is 0 Å². The Bertz CT molecular complexity index is 1300. The average molecular weight is 499 g/mol. The van der Waals surface area contributed by atoms with Crippen LogP contribution in [0.3, 0.4) is 0 Å². The minimum absolute atomic E-state index is 0.0739. The minimum atomic E-state index is -0.722. The lowest BCUT2D eigenvalue weighted by Gasteiger charge is -2.44. The van der Waals surface area contributed by atoms with Crippen molar-refractivity contribution in [1.82, 2.24) is 19.7 Å². The van der Waals surface area contributed by atoms with Crippen LogP contribution in [0.25, 0.3) is 10.9 Å². The van der Waals surface area contributed by atoms with Crippen molar-refractivity contribution in [2.24, 2.45) is 7.05 Å². The third-order valence-corrected chi connectivity index (χ3v) is 6.97. The number of fused-ring (bicyclic) bond motifs is 1. The van der Waals surface area contributed by atoms with E-state index >= 15 is 0 Å². The van der Waals surface area contributed by atoms with E-state index in [0.717, 1.165) is 5.56 Å². The summed E-state index contributed by atoms with van der Waals surface area (Å²) in [7, 11) is 3.15. The fraction of sp³-hybridized carbons (Fsp3) is 0.346. The van der Waals surface area contributed by atoms with E-state index in [-0.39, 0.29) is 34.4 Å². The fourth-order valence-electron chi connectivity index (χ4n) is 4.66. The molecule has 2 aromatic carbocycles. The smallest absolute Gasteiger partial charge is 0.292 e. The average Bonchev–Trinajstić information content (AvgIpc) is 3.15. The molecule has 4 rings (SSSR count). The van der Waals surface area contributed by atoms with Crippen LogP contribution in [0.4, 0.5) is 4.39 Å². The van der Waals surface area contributed by atoms with Crippen LogP contribution in [0.1, 0.15) is 40.1 Å². The monoisotopic (exact) mass is 498 g/mol. The first-order valence-corrected chi connectivity index (χ1v) is 11.8. The summed E-state index contributed by atoms with van der Waals surface area (Å²) in [6, 6.07) is 9.70. The number of nitrogens with one attached hydrogen (secondary N) is 1. The molecule has 1 fully saturated rings. The predicted molar refractivity (Wildman–Crippen MR) is 133 cm³/mol. The highest BCUT2D eigenvalue weighted by Gasteiger charge is 2.33. The Labute approximate surface area is 208 Å². The van der Waals surface area contributed by atoms with Crippen molar-refractivity contribution in [2.75, 3.05) is 20.1 Å². The van der Waals surface area contributed by atoms with Crippen LogP contribution in [0.5, 0.6) is 0 Å². The van der Waals surface area contributed by atoms with E-state index in [2.05, 4.69) is 17.1 Å². The Kier molecular flexibility index (Phi) is 6.96. The van der Waals surface area contributed by atoms with Crippen LogP contribution in [0.15, 0.2) is 42.6 Å². The summed E-state index contributed by atoms with van der Waals surface area (Å²) in [4.78, 5) is 42.2. The predicted octanol–water partition coefficient (Wildman–Crippen LogP) is 3.63. The van der Waals surface area contributed by atoms with Gasteiger partial charge in [0.25, 0.3) is 17.6 Å². The van der Waals surface area contributed by atoms with E-state index in [1.54, 1.807) is 47.0 Å². The van der Waals surface area contributed by atoms with Crippen molar-refractivity contribution in [3.05, 3.63) is 70.1 Å². The molecule has 7 nitrogen and oxygen atoms in total. The van der Waals surface area contributed by atoms with Gasteiger partial charge in [0.2, 0.25) is 0 Å². The van der Waals surface area contributed by atoms with Crippen molar-refractivity contribution in [3.63, 3.8) is 0 Å². The zero-order chi connectivity index (χ0) is 25.4. The summed E-state index contributed by atoms with van der Waals surface area (Å²) < 4.78 is 15.0. The van der Waals surface area contributed by atoms with Gasteiger partial charge in [0, 0.05) is 57.4 Å². The number of carbonyl (C=O) groups excluding carboxylic acids is 3. The topological polar surface area (TPSA) is 74.6 Å². The number of aromatic nitrogens is 1. The minimum Gasteiger partial charge on any atom is -0.352 e. The largest absolute Gasteiger partial charge is 0.352 e. The summed E-state index contributed by atoms with van der Waals surface area (Å²) >= 11 is 6.53. The first-order valence-electron chi connectivity index (χ1n) is 11.4. The molecule has 3 aromatic rings. The molecular weight excluding hydrogens is 471 g/mol. The lowest BCUT2D eigenvalue weighted by molar-refractivity contribution is -0.116. The molecule has 35 heavy (non-hydrogen) atoms. The number of hydrogen-bond donors (Lipinski definition) is 1. The van der Waals surface area contributed by atoms with Crippen molar-refractivity contribution < 1.29 is 18.8 Å². The first kappa shape index (κ1) is 24.9. The second-order valence-electron chi connectivity index (χ2n) is 9.12. The number of rotatable bonds is 5. The summed E-state index contributed by atoms with van der Waals surface area (Å²) in [5.74, 6) is -1.88. The van der Waals surface area contributed by atoms with Crippen LogP contribution < -0.4 is 5.32 Å². The molecular formula is C26H28ClFN4O3. The summed E-state index contributed by atoms with van der Waals surface area (Å²) in [6.45, 7) is 5.84. The molecule has 1 N–H and O–H groups in total. The molecule has 2 heterocycles. The normalized spacial score (nSPS) is 18.6. The number of ketones is 1. The highest BCUT2D eigenvalue weighted by atomic mass is 35.5. The lowest BCUT2D eigenvalue weighted by atomic mass is 10.0. The SMILES string of the molecule is CNC(=O)C(=O)c1cn(C)c2cc(Cl)c(C(=O)N3C[C@H](C)N(Cc4ccc(F)cc4)C[C@H]3C)cc12. The molecule has 1 aliphatic heterocycles. The Morgan fingerprint density at radius 2 is 1.74 bits per heavy atom. The van der Waals surface area contributed by atoms with Gasteiger partial charge in [0.05, 0.1) is 21.7 Å². The molecule has 0 bridgehead atoms. The number of carbonyl (C=O) groups is 3. The summed E-state index contributed by atoms with van der Waals surface area (Å²) in [6.07, 6.45) is 1.58. The number of aryl methyl sites for hydroxylation is 1. The number of piperazine rings is 1. The highest BCUT2D eigenvalue weighted by molar-refractivity contribution is 6.45. The van der Waals surface area contributed by atoms with Gasteiger partial charge in [-0.25, -0.2) is 4.39 Å². The fourth-order valence-corrected chi connectivity index (χ4v) is 4.90. The maximum atomic E-state index is 13.6. The summed E-state index contributed by atoms with van der Waals surface area (Å²) in [5, 5.41) is 3.14. The molecule has 0 unspecified atom stereocenters. The Morgan fingerprint density at radius 1 is 1.06 bits per heavy atom. The Morgan fingerprint density at radius 3 is 2.40 bits per heavy atom. The van der Waals surface area contributed by atoms with Crippen LogP contribution in [0.2, 0.25) is 5.02 Å². The molecule has 9 heteroatoms. The van der Waals surface area contributed by atoms with Crippen molar-refractivity contribution in [2.45, 2.75) is 32.5 Å². The zero-order valence-corrected chi connectivity index (χ0v) is 20.9. The summed E-state index contributed by atoms with van der Waals surface area (Å²) in [5.41, 5.74) is 2.18. The van der Waals surface area contributed by atoms with E-state index in [0.29, 0.717) is 36.1 Å². The maximum absolute atomic E-state index is 13.6. The molecule has 1 saturated heterocycles. The highest BCUT2D eigenvalue weighted by Crippen LogP contribution is 2.30. The molecule has 0 saturated carbocycles. The number of Topliss-reactive ketones (excluding diaryl/α,β-unsaturated/α-hetero) is 1. The van der Waals surface area contributed by atoms with Crippen molar-refractivity contribution in [3.8, 4) is 0 Å². The van der Waals surface area contributed by atoms with Crippen LogP contribution in [0, 0.1) is 5.82 Å². The number of halogens is 2. The van der Waals surface area contributed by atoms with Gasteiger partial charge in [-0.2, -0.15) is 0 Å². The Balaban J connectivity index is 1.60. The number of benzene rings is 2. The van der Waals surface area contributed by atoms with Gasteiger partial charge in [-0.05, 0) is 43.7 Å². The van der Waals surface area contributed by atoms with Gasteiger partial charge in [0.15, 0.2) is 0 Å². The Hall–Kier alpha value is -3.23. The molecule has 184 valence electrons. The van der Waals surface area contributed by atoms with E-state index in [1.165, 1.54) is 19.2 Å². The molecule has 0 aliphatic carbocycles. The number of amides is 2. The van der Waals surface area contributed by atoms with Crippen LogP contribution in [-0.4, -0.2) is 64.2 Å². The van der Waals surface area contributed by atoms with Gasteiger partial charge in [-0.3, -0.25) is 19.3 Å². The first-order chi connectivity index (χ1) is 16.6. The molecule has 1 aromatic heterocycles. The zero-order valence-electron chi connectivity index (χ0n) is 20.1. The van der Waals surface area contributed by atoms with Gasteiger partial charge in [0.1, 0.15) is 5.82 Å². The number of likely N-dealkylation sites (N-methyl/N-ethyl adjacent to an activating group) is 1. The number of hydrogen-bond acceptors (Lipinski definition) is 4. The quantitative estimate of drug-likeness (QED) is 0.430. The van der Waals surface area contributed by atoms with Crippen LogP contribution >= 0.6 is 11.6 Å². The van der Waals surface area contributed by atoms with E-state index in [9.17, 15) is 18.8 Å². The lowest BCUT2D eigenvalue weighted by Crippen LogP contribution is -2.57. The van der Waals surface area contributed by atoms with Gasteiger partial charge >= 0.3 is 0 Å². The van der Waals surface area contributed by atoms with E-state index < -0.39 is 11.7 Å². The van der Waals surface area contributed by atoms with Gasteiger partial charge in [-0.1, -0.05) is 23.7 Å². The second-order valence-corrected chi connectivity index (χ2v) is 9.53. The molecule has 0 spiro atoms.